The molecule has 13 heavy (non-hydrogen) atoms. The molecule has 7 heteroatoms. The van der Waals surface area contributed by atoms with Crippen molar-refractivity contribution in [3.05, 3.63) is 0 Å². The van der Waals surface area contributed by atoms with E-state index in [-0.39, 0.29) is 5.33 Å². The molecule has 0 radical (unpaired) electrons. The molecule has 0 aromatic heterocycles. The topological polar surface area (TPSA) is 112 Å². The number of halogens is 1. The monoisotopic (exact) mass is 258 g/mol. The Kier molecular flexibility index (Phi) is 18.5. The molecule has 78 valence electrons. The molecule has 0 aromatic carbocycles. The zero-order valence-electron chi connectivity index (χ0n) is 7.15. The summed E-state index contributed by atoms with van der Waals surface area (Å²) in [6.45, 7) is 2.17. The first kappa shape index (κ1) is 17.8. The highest BCUT2D eigenvalue weighted by molar-refractivity contribution is 9.09. The Labute approximate surface area is 83.3 Å². The van der Waals surface area contributed by atoms with Crippen molar-refractivity contribution in [3.63, 3.8) is 0 Å². The predicted molar refractivity (Wildman–Crippen MR) is 48.0 cm³/mol. The van der Waals surface area contributed by atoms with Crippen LogP contribution in [0.1, 0.15) is 13.8 Å². The highest BCUT2D eigenvalue weighted by atomic mass is 79.9. The molecule has 0 aromatic rings. The van der Waals surface area contributed by atoms with Crippen LogP contribution < -0.4 is 0 Å². The molecule has 0 atom stereocenters. The first-order chi connectivity index (χ1) is 5.73. The van der Waals surface area contributed by atoms with Crippen LogP contribution in [0.2, 0.25) is 0 Å². The molecular weight excluding hydrogens is 248 g/mol. The van der Waals surface area contributed by atoms with Crippen LogP contribution in [-0.2, 0) is 14.4 Å². The minimum Gasteiger partial charge on any atom is -0.481 e. The van der Waals surface area contributed by atoms with Crippen LogP contribution >= 0.6 is 15.9 Å². The molecule has 0 bridgehead atoms. The molecule has 0 aliphatic carbocycles. The molecule has 0 unspecified atom stereocenters. The summed E-state index contributed by atoms with van der Waals surface area (Å²) in [5.41, 5.74) is 0. The third-order valence-corrected chi connectivity index (χ3v) is 0.594. The van der Waals surface area contributed by atoms with E-state index in [1.807, 2.05) is 0 Å². The van der Waals surface area contributed by atoms with Gasteiger partial charge in [-0.05, 0) is 0 Å². The van der Waals surface area contributed by atoms with Gasteiger partial charge in [0.1, 0.15) is 5.33 Å². The van der Waals surface area contributed by atoms with Crippen LogP contribution in [0.5, 0.6) is 0 Å². The van der Waals surface area contributed by atoms with Crippen LogP contribution in [0.25, 0.3) is 0 Å². The van der Waals surface area contributed by atoms with Crippen LogP contribution in [-0.4, -0.2) is 38.6 Å². The molecule has 0 spiro atoms. The lowest BCUT2D eigenvalue weighted by Gasteiger charge is -1.70. The average molecular weight is 259 g/mol. The number of hydrogen-bond acceptors (Lipinski definition) is 3. The van der Waals surface area contributed by atoms with E-state index in [1.54, 1.807) is 0 Å². The quantitative estimate of drug-likeness (QED) is 0.596. The van der Waals surface area contributed by atoms with E-state index in [0.717, 1.165) is 13.8 Å². The summed E-state index contributed by atoms with van der Waals surface area (Å²) in [6, 6.07) is 0. The largest absolute Gasteiger partial charge is 0.481 e. The molecule has 3 N–H and O–H groups in total. The van der Waals surface area contributed by atoms with E-state index in [4.69, 9.17) is 24.9 Å². The lowest BCUT2D eigenvalue weighted by Crippen LogP contribution is -1.92. The fourth-order valence-electron chi connectivity index (χ4n) is 0. The maximum absolute atomic E-state index is 9.32. The fourth-order valence-corrected chi connectivity index (χ4v) is 0. The van der Waals surface area contributed by atoms with Gasteiger partial charge in [-0.1, -0.05) is 15.9 Å². The molecule has 0 heterocycles. The van der Waals surface area contributed by atoms with Gasteiger partial charge >= 0.3 is 5.97 Å². The number of carboxylic acid groups (broad SMARTS) is 3. The van der Waals surface area contributed by atoms with Gasteiger partial charge in [0, 0.05) is 13.8 Å². The lowest BCUT2D eigenvalue weighted by molar-refractivity contribution is -0.135. The first-order valence-corrected chi connectivity index (χ1v) is 4.03. The predicted octanol–water partition coefficient (Wildman–Crippen LogP) is 0.648. The Balaban J connectivity index is -0.000000117. The molecule has 0 saturated heterocycles. The SMILES string of the molecule is CC(=O)O.CC(=O)O.O=C(O)CBr. The van der Waals surface area contributed by atoms with Gasteiger partial charge in [-0.3, -0.25) is 14.4 Å². The minimum atomic E-state index is -0.833. The van der Waals surface area contributed by atoms with Gasteiger partial charge in [0.2, 0.25) is 0 Å². The van der Waals surface area contributed by atoms with Gasteiger partial charge in [-0.25, -0.2) is 0 Å². The summed E-state index contributed by atoms with van der Waals surface area (Å²) >= 11 is 2.71. The molecule has 0 rings (SSSR count). The van der Waals surface area contributed by atoms with E-state index < -0.39 is 17.9 Å². The van der Waals surface area contributed by atoms with Gasteiger partial charge in [0.15, 0.2) is 0 Å². The Bertz CT molecular complexity index is 147. The molecule has 0 amide bonds. The summed E-state index contributed by atoms with van der Waals surface area (Å²) in [4.78, 5) is 27.3. The average Bonchev–Trinajstić information content (AvgIpc) is 1.84. The lowest BCUT2D eigenvalue weighted by atomic mass is 10.8. The van der Waals surface area contributed by atoms with Crippen molar-refractivity contribution >= 4 is 33.8 Å². The number of carbonyl (C=O) groups is 3. The maximum atomic E-state index is 9.32. The Hall–Kier alpha value is -1.11. The van der Waals surface area contributed by atoms with E-state index in [0.29, 0.717) is 0 Å². The molecule has 0 saturated carbocycles. The second kappa shape index (κ2) is 13.5. The number of rotatable bonds is 1. The molecule has 0 aliphatic rings. The molecule has 0 fully saturated rings. The smallest absolute Gasteiger partial charge is 0.314 e. The van der Waals surface area contributed by atoms with Gasteiger partial charge in [-0.2, -0.15) is 0 Å². The second-order valence-electron chi connectivity index (χ2n) is 1.57. The Morgan fingerprint density at radius 3 is 1.08 bits per heavy atom. The van der Waals surface area contributed by atoms with Crippen LogP contribution in [0.15, 0.2) is 0 Å². The van der Waals surface area contributed by atoms with Gasteiger partial charge in [0.05, 0.1) is 0 Å². The van der Waals surface area contributed by atoms with Crippen molar-refractivity contribution in [3.8, 4) is 0 Å². The van der Waals surface area contributed by atoms with E-state index in [2.05, 4.69) is 15.9 Å². The highest BCUT2D eigenvalue weighted by Crippen LogP contribution is 1.73. The van der Waals surface area contributed by atoms with Crippen molar-refractivity contribution < 1.29 is 29.7 Å². The minimum absolute atomic E-state index is 0.0347. The molecule has 0 aliphatic heterocycles. The van der Waals surface area contributed by atoms with Crippen LogP contribution in [0, 0.1) is 0 Å². The second-order valence-corrected chi connectivity index (χ2v) is 2.13. The normalized spacial score (nSPS) is 6.69. The Morgan fingerprint density at radius 1 is 1.00 bits per heavy atom. The van der Waals surface area contributed by atoms with Gasteiger partial charge < -0.3 is 15.3 Å². The number of alkyl halides is 1. The van der Waals surface area contributed by atoms with Crippen LogP contribution in [0.4, 0.5) is 0 Å². The van der Waals surface area contributed by atoms with Crippen molar-refractivity contribution in [1.82, 2.24) is 0 Å². The van der Waals surface area contributed by atoms with E-state index in [1.165, 1.54) is 0 Å². The zero-order chi connectivity index (χ0) is 11.4. The number of carboxylic acids is 3. The summed E-state index contributed by atoms with van der Waals surface area (Å²) < 4.78 is 0. The third-order valence-electron chi connectivity index (χ3n) is 0.114. The van der Waals surface area contributed by atoms with Gasteiger partial charge in [0.25, 0.3) is 11.9 Å². The standard InChI is InChI=1S/C2H3BrO2.2C2H4O2/c3-1-2(4)5;2*1-2(3)4/h1H2,(H,4,5);2*1H3,(H,3,4). The summed E-state index contributed by atoms with van der Waals surface area (Å²) in [5, 5.41) is 22.5. The fraction of sp³-hybridized carbons (Fsp3) is 0.500. The summed E-state index contributed by atoms with van der Waals surface area (Å²) in [7, 11) is 0. The van der Waals surface area contributed by atoms with Crippen LogP contribution in [0.3, 0.4) is 0 Å². The summed E-state index contributed by atoms with van der Waals surface area (Å²) in [6.07, 6.45) is 0. The van der Waals surface area contributed by atoms with Crippen molar-refractivity contribution in [2.45, 2.75) is 13.8 Å². The van der Waals surface area contributed by atoms with Crippen molar-refractivity contribution in [1.29, 1.82) is 0 Å². The zero-order valence-corrected chi connectivity index (χ0v) is 8.74. The first-order valence-electron chi connectivity index (χ1n) is 2.90. The van der Waals surface area contributed by atoms with Crippen molar-refractivity contribution in [2.24, 2.45) is 0 Å². The van der Waals surface area contributed by atoms with E-state index >= 15 is 0 Å². The van der Waals surface area contributed by atoms with Gasteiger partial charge in [-0.15, -0.1) is 0 Å². The Morgan fingerprint density at radius 2 is 1.08 bits per heavy atom. The molecular formula is C6H11BrO6. The number of hydrogen-bond donors (Lipinski definition) is 3. The van der Waals surface area contributed by atoms with E-state index in [9.17, 15) is 4.79 Å². The third kappa shape index (κ3) is 1090. The summed E-state index contributed by atoms with van der Waals surface area (Å²) in [5.74, 6) is -2.50. The maximum Gasteiger partial charge on any atom is 0.314 e. The number of aliphatic carboxylic acids is 3. The van der Waals surface area contributed by atoms with Crippen molar-refractivity contribution in [2.75, 3.05) is 5.33 Å². The molecule has 6 nitrogen and oxygen atoms in total. The highest BCUT2D eigenvalue weighted by Gasteiger charge is 1.83.